The summed E-state index contributed by atoms with van der Waals surface area (Å²) in [7, 11) is 0. The number of H-pyrrole nitrogens is 1. The molecule has 2 N–H and O–H groups in total. The van der Waals surface area contributed by atoms with Crippen LogP contribution < -0.4 is 5.32 Å². The minimum absolute atomic E-state index is 0.121. The van der Waals surface area contributed by atoms with Gasteiger partial charge in [-0.1, -0.05) is 0 Å². The van der Waals surface area contributed by atoms with Crippen molar-refractivity contribution in [1.82, 2.24) is 15.5 Å². The molecule has 0 saturated heterocycles. The van der Waals surface area contributed by atoms with Crippen molar-refractivity contribution < 1.29 is 4.79 Å². The number of aromatic nitrogens is 2. The van der Waals surface area contributed by atoms with E-state index in [-0.39, 0.29) is 5.91 Å². The maximum absolute atomic E-state index is 11.6. The van der Waals surface area contributed by atoms with Crippen molar-refractivity contribution in [1.29, 1.82) is 0 Å². The van der Waals surface area contributed by atoms with Gasteiger partial charge in [0.05, 0.1) is 11.3 Å². The van der Waals surface area contributed by atoms with Crippen molar-refractivity contribution >= 4 is 5.91 Å². The Balaban J connectivity index is 2.66. The number of hydrogen-bond acceptors (Lipinski definition) is 2. The van der Waals surface area contributed by atoms with E-state index in [1.54, 1.807) is 6.92 Å². The second kappa shape index (κ2) is 4.47. The molecule has 0 spiro atoms. The van der Waals surface area contributed by atoms with Gasteiger partial charge in [-0.2, -0.15) is 5.10 Å². The highest BCUT2D eigenvalue weighted by molar-refractivity contribution is 5.96. The summed E-state index contributed by atoms with van der Waals surface area (Å²) in [5.41, 5.74) is 2.10. The fourth-order valence-corrected chi connectivity index (χ4v) is 1.22. The van der Waals surface area contributed by atoms with Crippen LogP contribution in [0.5, 0.6) is 0 Å². The summed E-state index contributed by atoms with van der Waals surface area (Å²) in [5.74, 6) is 2.34. The van der Waals surface area contributed by atoms with E-state index in [2.05, 4.69) is 21.4 Å². The van der Waals surface area contributed by atoms with Gasteiger partial charge in [-0.3, -0.25) is 9.89 Å². The van der Waals surface area contributed by atoms with Gasteiger partial charge in [0, 0.05) is 18.7 Å². The van der Waals surface area contributed by atoms with Crippen molar-refractivity contribution in [2.24, 2.45) is 0 Å². The molecule has 0 bridgehead atoms. The number of terminal acetylenes is 1. The van der Waals surface area contributed by atoms with Crippen LogP contribution in [0.25, 0.3) is 0 Å². The van der Waals surface area contributed by atoms with Gasteiger partial charge in [-0.05, 0) is 13.8 Å². The minimum atomic E-state index is -0.121. The van der Waals surface area contributed by atoms with Crippen molar-refractivity contribution in [3.05, 3.63) is 17.0 Å². The molecule has 4 heteroatoms. The Bertz CT molecular complexity index is 354. The molecule has 0 aliphatic heterocycles. The van der Waals surface area contributed by atoms with Crippen LogP contribution >= 0.6 is 0 Å². The second-order valence-electron chi connectivity index (χ2n) is 3.02. The van der Waals surface area contributed by atoms with Gasteiger partial charge in [0.2, 0.25) is 0 Å². The third kappa shape index (κ3) is 2.13. The highest BCUT2D eigenvalue weighted by atomic mass is 16.1. The number of carbonyl (C=O) groups excluding carboxylic acids is 1. The van der Waals surface area contributed by atoms with Crippen molar-refractivity contribution in [2.45, 2.75) is 20.3 Å². The van der Waals surface area contributed by atoms with Crippen molar-refractivity contribution in [2.75, 3.05) is 6.54 Å². The van der Waals surface area contributed by atoms with E-state index in [0.717, 1.165) is 5.69 Å². The quantitative estimate of drug-likeness (QED) is 0.548. The average Bonchev–Trinajstić information content (AvgIpc) is 2.46. The van der Waals surface area contributed by atoms with Crippen LogP contribution in [0.4, 0.5) is 0 Å². The van der Waals surface area contributed by atoms with E-state index >= 15 is 0 Å². The van der Waals surface area contributed by atoms with Crippen LogP contribution in [0.15, 0.2) is 0 Å². The molecule has 1 aromatic rings. The first kappa shape index (κ1) is 10.3. The average molecular weight is 191 g/mol. The molecular formula is C10H13N3O. The number of rotatable bonds is 3. The molecule has 4 nitrogen and oxygen atoms in total. The number of hydrogen-bond donors (Lipinski definition) is 2. The van der Waals surface area contributed by atoms with Crippen LogP contribution in [0, 0.1) is 26.2 Å². The first-order valence-corrected chi connectivity index (χ1v) is 4.40. The lowest BCUT2D eigenvalue weighted by molar-refractivity contribution is 0.0953. The normalized spacial score (nSPS) is 9.50. The highest BCUT2D eigenvalue weighted by Gasteiger charge is 2.13. The molecule has 0 atom stereocenters. The Hall–Kier alpha value is -1.76. The van der Waals surface area contributed by atoms with Gasteiger partial charge in [0.25, 0.3) is 5.91 Å². The Morgan fingerprint density at radius 1 is 1.64 bits per heavy atom. The molecule has 1 amide bonds. The Morgan fingerprint density at radius 3 is 2.86 bits per heavy atom. The van der Waals surface area contributed by atoms with E-state index in [0.29, 0.717) is 24.2 Å². The lowest BCUT2D eigenvalue weighted by Gasteiger charge is -2.02. The second-order valence-corrected chi connectivity index (χ2v) is 3.02. The van der Waals surface area contributed by atoms with Gasteiger partial charge in [-0.15, -0.1) is 12.3 Å². The summed E-state index contributed by atoms with van der Waals surface area (Å²) in [4.78, 5) is 11.6. The third-order valence-electron chi connectivity index (χ3n) is 1.91. The maximum atomic E-state index is 11.6. The van der Waals surface area contributed by atoms with Crippen LogP contribution in [0.2, 0.25) is 0 Å². The molecule has 0 unspecified atom stereocenters. The van der Waals surface area contributed by atoms with Gasteiger partial charge in [0.15, 0.2) is 0 Å². The molecule has 0 fully saturated rings. The lowest BCUT2D eigenvalue weighted by Crippen LogP contribution is -2.25. The zero-order chi connectivity index (χ0) is 10.6. The van der Waals surface area contributed by atoms with Crippen LogP contribution in [0.1, 0.15) is 28.2 Å². The van der Waals surface area contributed by atoms with Gasteiger partial charge in [-0.25, -0.2) is 0 Å². The molecule has 1 heterocycles. The fraction of sp³-hybridized carbons (Fsp3) is 0.400. The molecule has 0 aromatic carbocycles. The Morgan fingerprint density at radius 2 is 2.36 bits per heavy atom. The smallest absolute Gasteiger partial charge is 0.255 e. The predicted molar refractivity (Wildman–Crippen MR) is 53.8 cm³/mol. The molecule has 74 valence electrons. The van der Waals surface area contributed by atoms with Gasteiger partial charge < -0.3 is 5.32 Å². The minimum Gasteiger partial charge on any atom is -0.351 e. The third-order valence-corrected chi connectivity index (χ3v) is 1.91. The molecule has 1 aromatic heterocycles. The van der Waals surface area contributed by atoms with Crippen LogP contribution in [-0.2, 0) is 0 Å². The number of nitrogens with one attached hydrogen (secondary N) is 2. The van der Waals surface area contributed by atoms with E-state index in [1.165, 1.54) is 0 Å². The summed E-state index contributed by atoms with van der Waals surface area (Å²) in [6, 6.07) is 0. The van der Waals surface area contributed by atoms with Crippen LogP contribution in [0.3, 0.4) is 0 Å². The summed E-state index contributed by atoms with van der Waals surface area (Å²) >= 11 is 0. The fourth-order valence-electron chi connectivity index (χ4n) is 1.22. The number of aromatic amines is 1. The Labute approximate surface area is 83.1 Å². The van der Waals surface area contributed by atoms with E-state index in [9.17, 15) is 4.79 Å². The molecule has 0 aliphatic rings. The highest BCUT2D eigenvalue weighted by Crippen LogP contribution is 2.08. The van der Waals surface area contributed by atoms with E-state index in [1.807, 2.05) is 6.92 Å². The first-order valence-electron chi connectivity index (χ1n) is 4.40. The van der Waals surface area contributed by atoms with Gasteiger partial charge >= 0.3 is 0 Å². The van der Waals surface area contributed by atoms with Crippen molar-refractivity contribution in [3.63, 3.8) is 0 Å². The number of aryl methyl sites for hydroxylation is 2. The van der Waals surface area contributed by atoms with Crippen LogP contribution in [-0.4, -0.2) is 22.6 Å². The number of nitrogens with zero attached hydrogens (tertiary/aromatic N) is 1. The summed E-state index contributed by atoms with van der Waals surface area (Å²) in [5, 5.41) is 9.42. The molecule has 1 rings (SSSR count). The molecule has 0 aliphatic carbocycles. The summed E-state index contributed by atoms with van der Waals surface area (Å²) < 4.78 is 0. The molecule has 14 heavy (non-hydrogen) atoms. The SMILES string of the molecule is C#CCCNC(=O)c1c(C)n[nH]c1C. The van der Waals surface area contributed by atoms with E-state index in [4.69, 9.17) is 6.42 Å². The zero-order valence-electron chi connectivity index (χ0n) is 8.35. The van der Waals surface area contributed by atoms with Crippen molar-refractivity contribution in [3.8, 4) is 12.3 Å². The zero-order valence-corrected chi connectivity index (χ0v) is 8.35. The standard InChI is InChI=1S/C10H13N3O/c1-4-5-6-11-10(14)9-7(2)12-13-8(9)3/h1H,5-6H2,2-3H3,(H,11,14)(H,12,13). The molecule has 0 saturated carbocycles. The Kier molecular flexibility index (Phi) is 3.29. The monoisotopic (exact) mass is 191 g/mol. The molecular weight excluding hydrogens is 178 g/mol. The summed E-state index contributed by atoms with van der Waals surface area (Å²) in [6.07, 6.45) is 5.62. The lowest BCUT2D eigenvalue weighted by atomic mass is 10.2. The predicted octanol–water partition coefficient (Wildman–Crippen LogP) is 0.780. The topological polar surface area (TPSA) is 57.8 Å². The first-order chi connectivity index (χ1) is 6.66. The number of carbonyl (C=O) groups is 1. The van der Waals surface area contributed by atoms with E-state index < -0.39 is 0 Å². The van der Waals surface area contributed by atoms with Gasteiger partial charge in [0.1, 0.15) is 0 Å². The molecule has 0 radical (unpaired) electrons. The largest absolute Gasteiger partial charge is 0.351 e. The summed E-state index contributed by atoms with van der Waals surface area (Å²) in [6.45, 7) is 4.11. The number of amides is 1. The maximum Gasteiger partial charge on any atom is 0.255 e.